The Morgan fingerprint density at radius 2 is 1.27 bits per heavy atom. The summed E-state index contributed by atoms with van der Waals surface area (Å²) in [5.41, 5.74) is 0. The van der Waals surface area contributed by atoms with Crippen molar-refractivity contribution in [2.75, 3.05) is 0 Å². The van der Waals surface area contributed by atoms with Crippen LogP contribution in [0.5, 0.6) is 0 Å². The van der Waals surface area contributed by atoms with Gasteiger partial charge >= 0.3 is 0 Å². The van der Waals surface area contributed by atoms with Gasteiger partial charge in [0.05, 0.1) is 0 Å². The predicted molar refractivity (Wildman–Crippen MR) is 101 cm³/mol. The molecule has 1 saturated carbocycles. The van der Waals surface area contributed by atoms with Crippen LogP contribution in [0.25, 0.3) is 0 Å². The minimum atomic E-state index is 0.976. The minimum Gasteiger partial charge on any atom is -0.0654 e. The second-order valence-electron chi connectivity index (χ2n) is 8.43. The van der Waals surface area contributed by atoms with Crippen molar-refractivity contribution in [2.45, 2.75) is 124 Å². The van der Waals surface area contributed by atoms with E-state index in [1.165, 1.54) is 103 Å². The molecule has 1 aliphatic rings. The quantitative estimate of drug-likeness (QED) is 0.301. The van der Waals surface area contributed by atoms with Gasteiger partial charge in [-0.3, -0.25) is 0 Å². The molecule has 0 spiro atoms. The lowest BCUT2D eigenvalue weighted by atomic mass is 9.79. The Morgan fingerprint density at radius 3 is 1.86 bits per heavy atom. The molecule has 1 fully saturated rings. The Morgan fingerprint density at radius 1 is 0.727 bits per heavy atom. The molecule has 0 aliphatic heterocycles. The van der Waals surface area contributed by atoms with Gasteiger partial charge in [0.1, 0.15) is 0 Å². The Hall–Kier alpha value is 0. The molecule has 0 bridgehead atoms. The van der Waals surface area contributed by atoms with Gasteiger partial charge in [-0.2, -0.15) is 0 Å². The van der Waals surface area contributed by atoms with E-state index in [1.54, 1.807) is 0 Å². The van der Waals surface area contributed by atoms with Crippen LogP contribution in [0.15, 0.2) is 0 Å². The van der Waals surface area contributed by atoms with E-state index in [2.05, 4.69) is 20.8 Å². The third-order valence-corrected chi connectivity index (χ3v) is 6.00. The van der Waals surface area contributed by atoms with E-state index in [4.69, 9.17) is 0 Å². The fraction of sp³-hybridized carbons (Fsp3) is 1.00. The number of rotatable bonds is 13. The maximum Gasteiger partial charge on any atom is -0.0414 e. The van der Waals surface area contributed by atoms with E-state index in [-0.39, 0.29) is 0 Å². The first-order valence-electron chi connectivity index (χ1n) is 10.7. The molecule has 1 unspecified atom stereocenters. The van der Waals surface area contributed by atoms with E-state index in [0.717, 1.165) is 17.8 Å². The zero-order chi connectivity index (χ0) is 16.0. The Balaban J connectivity index is 1.84. The summed E-state index contributed by atoms with van der Waals surface area (Å²) in [6.07, 6.45) is 23.7. The van der Waals surface area contributed by atoms with Gasteiger partial charge in [0, 0.05) is 0 Å². The first-order valence-corrected chi connectivity index (χ1v) is 10.7. The first-order chi connectivity index (χ1) is 10.7. The van der Waals surface area contributed by atoms with Crippen molar-refractivity contribution in [2.24, 2.45) is 17.8 Å². The Labute approximate surface area is 141 Å². The average molecular weight is 309 g/mol. The summed E-state index contributed by atoms with van der Waals surface area (Å²) in [4.78, 5) is 0. The second kappa shape index (κ2) is 13.4. The molecule has 0 amide bonds. The normalized spacial score (nSPS) is 23.6. The van der Waals surface area contributed by atoms with Crippen LogP contribution in [0.4, 0.5) is 0 Å². The molecule has 0 saturated heterocycles. The molecule has 0 aromatic rings. The van der Waals surface area contributed by atoms with Gasteiger partial charge in [-0.15, -0.1) is 0 Å². The number of unbranched alkanes of at least 4 members (excludes halogenated alkanes) is 8. The van der Waals surface area contributed by atoms with E-state index in [9.17, 15) is 0 Å². The predicted octanol–water partition coefficient (Wildman–Crippen LogP) is 8.15. The monoisotopic (exact) mass is 308 g/mol. The smallest absolute Gasteiger partial charge is 0.0414 e. The number of hydrogen-bond acceptors (Lipinski definition) is 0. The van der Waals surface area contributed by atoms with Crippen LogP contribution in [0.3, 0.4) is 0 Å². The summed E-state index contributed by atoms with van der Waals surface area (Å²) in [6.45, 7) is 7.23. The lowest BCUT2D eigenvalue weighted by Gasteiger charge is -2.27. The molecule has 0 aromatic carbocycles. The summed E-state index contributed by atoms with van der Waals surface area (Å²) in [5.74, 6) is 3.06. The molecule has 1 atom stereocenters. The molecule has 132 valence electrons. The van der Waals surface area contributed by atoms with E-state index >= 15 is 0 Å². The van der Waals surface area contributed by atoms with Crippen molar-refractivity contribution in [1.29, 1.82) is 0 Å². The highest BCUT2D eigenvalue weighted by atomic mass is 14.2. The Kier molecular flexibility index (Phi) is 12.2. The zero-order valence-electron chi connectivity index (χ0n) is 16.0. The van der Waals surface area contributed by atoms with Crippen LogP contribution in [0, 0.1) is 17.8 Å². The molecule has 0 heteroatoms. The van der Waals surface area contributed by atoms with Crippen molar-refractivity contribution in [3.8, 4) is 0 Å². The van der Waals surface area contributed by atoms with Crippen molar-refractivity contribution in [3.05, 3.63) is 0 Å². The summed E-state index contributed by atoms with van der Waals surface area (Å²) in [7, 11) is 0. The van der Waals surface area contributed by atoms with Gasteiger partial charge in [-0.1, -0.05) is 124 Å². The van der Waals surface area contributed by atoms with E-state index < -0.39 is 0 Å². The van der Waals surface area contributed by atoms with Gasteiger partial charge in [0.25, 0.3) is 0 Å². The molecule has 0 nitrogen and oxygen atoms in total. The molecule has 22 heavy (non-hydrogen) atoms. The summed E-state index contributed by atoms with van der Waals surface area (Å²) >= 11 is 0. The fourth-order valence-corrected chi connectivity index (χ4v) is 4.09. The molecule has 1 aliphatic carbocycles. The summed E-state index contributed by atoms with van der Waals surface area (Å²) in [5, 5.41) is 0. The van der Waals surface area contributed by atoms with Gasteiger partial charge in [-0.25, -0.2) is 0 Å². The van der Waals surface area contributed by atoms with Crippen LogP contribution in [-0.4, -0.2) is 0 Å². The highest BCUT2D eigenvalue weighted by molar-refractivity contribution is 4.71. The second-order valence-corrected chi connectivity index (χ2v) is 8.43. The van der Waals surface area contributed by atoms with E-state index in [1.807, 2.05) is 0 Å². The van der Waals surface area contributed by atoms with Crippen LogP contribution < -0.4 is 0 Å². The Bertz CT molecular complexity index is 224. The van der Waals surface area contributed by atoms with E-state index in [0.29, 0.717) is 0 Å². The first kappa shape index (κ1) is 20.0. The lowest BCUT2D eigenvalue weighted by molar-refractivity contribution is 0.260. The van der Waals surface area contributed by atoms with Crippen LogP contribution in [-0.2, 0) is 0 Å². The number of hydrogen-bond donors (Lipinski definition) is 0. The highest BCUT2D eigenvalue weighted by Gasteiger charge is 2.18. The molecule has 1 rings (SSSR count). The van der Waals surface area contributed by atoms with Crippen LogP contribution in [0.1, 0.15) is 124 Å². The van der Waals surface area contributed by atoms with Crippen molar-refractivity contribution >= 4 is 0 Å². The maximum atomic E-state index is 2.50. The molecule has 0 aromatic heterocycles. The van der Waals surface area contributed by atoms with Crippen LogP contribution in [0.2, 0.25) is 0 Å². The fourth-order valence-electron chi connectivity index (χ4n) is 4.09. The topological polar surface area (TPSA) is 0 Å². The molecule has 0 radical (unpaired) electrons. The SMILES string of the molecule is CCCCCCCCCCCC(C)CCC1CCC(C)CC1. The third kappa shape index (κ3) is 10.7. The third-order valence-electron chi connectivity index (χ3n) is 6.00. The average Bonchev–Trinajstić information content (AvgIpc) is 2.53. The lowest BCUT2D eigenvalue weighted by Crippen LogP contribution is -2.13. The largest absolute Gasteiger partial charge is 0.0654 e. The minimum absolute atomic E-state index is 0.976. The molecule has 0 N–H and O–H groups in total. The van der Waals surface area contributed by atoms with Gasteiger partial charge in [0.15, 0.2) is 0 Å². The van der Waals surface area contributed by atoms with Crippen LogP contribution >= 0.6 is 0 Å². The van der Waals surface area contributed by atoms with Gasteiger partial charge in [0.2, 0.25) is 0 Å². The molecular weight excluding hydrogens is 264 g/mol. The zero-order valence-corrected chi connectivity index (χ0v) is 16.0. The van der Waals surface area contributed by atoms with Crippen molar-refractivity contribution in [1.82, 2.24) is 0 Å². The standard InChI is InChI=1S/C22H44/c1-4-5-6-7-8-9-10-11-12-13-20(2)14-17-22-18-15-21(3)16-19-22/h20-22H,4-19H2,1-3H3. The van der Waals surface area contributed by atoms with Gasteiger partial charge in [-0.05, 0) is 17.8 Å². The maximum absolute atomic E-state index is 2.50. The highest BCUT2D eigenvalue weighted by Crippen LogP contribution is 2.32. The van der Waals surface area contributed by atoms with Crippen molar-refractivity contribution in [3.63, 3.8) is 0 Å². The molecule has 0 heterocycles. The summed E-state index contributed by atoms with van der Waals surface area (Å²) < 4.78 is 0. The van der Waals surface area contributed by atoms with Crippen molar-refractivity contribution < 1.29 is 0 Å². The molecular formula is C22H44. The van der Waals surface area contributed by atoms with Gasteiger partial charge < -0.3 is 0 Å². The summed E-state index contributed by atoms with van der Waals surface area (Å²) in [6, 6.07) is 0.